The smallest absolute Gasteiger partial charge is 0.417 e. The van der Waals surface area contributed by atoms with Crippen molar-refractivity contribution in [2.75, 3.05) is 0 Å². The molecular formula is C13H10F3N3O. The van der Waals surface area contributed by atoms with Crippen LogP contribution in [-0.4, -0.2) is 14.8 Å². The topological polar surface area (TPSA) is 43.9 Å². The van der Waals surface area contributed by atoms with Crippen LogP contribution in [0.4, 0.5) is 13.2 Å². The highest BCUT2D eigenvalue weighted by molar-refractivity contribution is 5.82. The summed E-state index contributed by atoms with van der Waals surface area (Å²) in [5, 5.41) is 3.93. The van der Waals surface area contributed by atoms with Crippen molar-refractivity contribution < 1.29 is 17.6 Å². The van der Waals surface area contributed by atoms with Gasteiger partial charge in [0.25, 0.3) is 0 Å². The lowest BCUT2D eigenvalue weighted by molar-refractivity contribution is -0.136. The molecule has 0 bridgehead atoms. The molecule has 0 atom stereocenters. The minimum absolute atomic E-state index is 0.00495. The number of fused-ring (bicyclic) bond motifs is 1. The van der Waals surface area contributed by atoms with Crippen LogP contribution in [0.15, 0.2) is 35.1 Å². The molecule has 104 valence electrons. The average molecular weight is 281 g/mol. The molecule has 0 aliphatic rings. The molecule has 0 aromatic carbocycles. The maximum Gasteiger partial charge on any atom is 0.417 e. The predicted molar refractivity (Wildman–Crippen MR) is 65.9 cm³/mol. The van der Waals surface area contributed by atoms with E-state index in [9.17, 15) is 13.2 Å². The van der Waals surface area contributed by atoms with Gasteiger partial charge in [-0.25, -0.2) is 9.67 Å². The summed E-state index contributed by atoms with van der Waals surface area (Å²) in [6.45, 7) is 2.23. The lowest BCUT2D eigenvalue weighted by Gasteiger charge is -2.09. The van der Waals surface area contributed by atoms with Crippen molar-refractivity contribution >= 4 is 11.0 Å². The fourth-order valence-electron chi connectivity index (χ4n) is 2.06. The van der Waals surface area contributed by atoms with E-state index < -0.39 is 11.7 Å². The summed E-state index contributed by atoms with van der Waals surface area (Å²) in [5.41, 5.74) is -0.410. The van der Waals surface area contributed by atoms with Crippen LogP contribution >= 0.6 is 0 Å². The van der Waals surface area contributed by atoms with Crippen molar-refractivity contribution in [3.8, 4) is 11.5 Å². The van der Waals surface area contributed by atoms with Gasteiger partial charge in [-0.2, -0.15) is 18.3 Å². The molecular weight excluding hydrogens is 271 g/mol. The Morgan fingerprint density at radius 2 is 2.15 bits per heavy atom. The summed E-state index contributed by atoms with van der Waals surface area (Å²) in [5.74, 6) is 0.293. The molecule has 0 radical (unpaired) electrons. The maximum atomic E-state index is 13.2. The van der Waals surface area contributed by atoms with Gasteiger partial charge in [0.05, 0.1) is 23.4 Å². The van der Waals surface area contributed by atoms with E-state index in [0.717, 1.165) is 6.07 Å². The Balaban J connectivity index is 2.33. The van der Waals surface area contributed by atoms with E-state index in [-0.39, 0.29) is 16.7 Å². The largest absolute Gasteiger partial charge is 0.463 e. The number of halogens is 3. The first kappa shape index (κ1) is 12.7. The number of aryl methyl sites for hydroxylation is 1. The molecule has 0 aliphatic carbocycles. The number of aromatic nitrogens is 3. The van der Waals surface area contributed by atoms with E-state index >= 15 is 0 Å². The highest BCUT2D eigenvalue weighted by Crippen LogP contribution is 2.36. The second-order valence-corrected chi connectivity index (χ2v) is 4.23. The first-order valence-electron chi connectivity index (χ1n) is 5.98. The van der Waals surface area contributed by atoms with Crippen molar-refractivity contribution in [3.05, 3.63) is 36.2 Å². The molecule has 7 heteroatoms. The molecule has 0 saturated heterocycles. The van der Waals surface area contributed by atoms with Gasteiger partial charge in [-0.1, -0.05) is 0 Å². The minimum atomic E-state index is -4.47. The first-order valence-corrected chi connectivity index (χ1v) is 5.98. The number of hydrogen-bond donors (Lipinski definition) is 0. The van der Waals surface area contributed by atoms with Crippen LogP contribution < -0.4 is 0 Å². The minimum Gasteiger partial charge on any atom is -0.463 e. The van der Waals surface area contributed by atoms with Gasteiger partial charge >= 0.3 is 6.18 Å². The zero-order chi connectivity index (χ0) is 14.3. The Labute approximate surface area is 111 Å². The van der Waals surface area contributed by atoms with Crippen molar-refractivity contribution in [3.63, 3.8) is 0 Å². The summed E-state index contributed by atoms with van der Waals surface area (Å²) < 4.78 is 46.0. The second-order valence-electron chi connectivity index (χ2n) is 4.23. The summed E-state index contributed by atoms with van der Waals surface area (Å²) in [6.07, 6.45) is -1.88. The molecule has 4 nitrogen and oxygen atoms in total. The van der Waals surface area contributed by atoms with Gasteiger partial charge in [-0.3, -0.25) is 0 Å². The van der Waals surface area contributed by atoms with Gasteiger partial charge in [-0.05, 0) is 25.1 Å². The zero-order valence-electron chi connectivity index (χ0n) is 10.5. The molecule has 3 aromatic rings. The molecule has 3 rings (SSSR count). The van der Waals surface area contributed by atoms with Crippen LogP contribution in [0.3, 0.4) is 0 Å². The van der Waals surface area contributed by atoms with Gasteiger partial charge in [-0.15, -0.1) is 0 Å². The predicted octanol–water partition coefficient (Wildman–Crippen LogP) is 3.73. The summed E-state index contributed by atoms with van der Waals surface area (Å²) in [4.78, 5) is 4.23. The Bertz CT molecular complexity index is 744. The quantitative estimate of drug-likeness (QED) is 0.719. The lowest BCUT2D eigenvalue weighted by atomic mass is 10.1. The molecule has 0 aliphatic heterocycles. The zero-order valence-corrected chi connectivity index (χ0v) is 10.5. The van der Waals surface area contributed by atoms with Gasteiger partial charge in [0, 0.05) is 6.54 Å². The van der Waals surface area contributed by atoms with E-state index in [1.54, 1.807) is 19.1 Å². The third-order valence-corrected chi connectivity index (χ3v) is 2.99. The van der Waals surface area contributed by atoms with Gasteiger partial charge in [0.2, 0.25) is 0 Å². The van der Waals surface area contributed by atoms with Gasteiger partial charge in [0.1, 0.15) is 5.69 Å². The fourth-order valence-corrected chi connectivity index (χ4v) is 2.06. The van der Waals surface area contributed by atoms with Crippen molar-refractivity contribution in [2.45, 2.75) is 19.6 Å². The van der Waals surface area contributed by atoms with Crippen molar-refractivity contribution in [1.29, 1.82) is 0 Å². The Kier molecular flexibility index (Phi) is 2.77. The summed E-state index contributed by atoms with van der Waals surface area (Å²) in [6, 6.07) is 4.16. The molecule has 0 unspecified atom stereocenters. The number of furan rings is 1. The monoisotopic (exact) mass is 281 g/mol. The van der Waals surface area contributed by atoms with Crippen LogP contribution in [0, 0.1) is 0 Å². The third kappa shape index (κ3) is 1.95. The molecule has 3 heterocycles. The van der Waals surface area contributed by atoms with Gasteiger partial charge in [0.15, 0.2) is 11.4 Å². The number of hydrogen-bond acceptors (Lipinski definition) is 3. The van der Waals surface area contributed by atoms with E-state index in [4.69, 9.17) is 4.42 Å². The normalized spacial score (nSPS) is 12.2. The van der Waals surface area contributed by atoms with Crippen LogP contribution in [0.5, 0.6) is 0 Å². The summed E-state index contributed by atoms with van der Waals surface area (Å²) >= 11 is 0. The SMILES string of the molecule is CCn1ncc2c(C(F)(F)F)cc(-c3ccco3)nc21. The number of rotatable bonds is 2. The summed E-state index contributed by atoms with van der Waals surface area (Å²) in [7, 11) is 0. The van der Waals surface area contributed by atoms with E-state index in [1.165, 1.54) is 17.1 Å². The maximum absolute atomic E-state index is 13.2. The highest BCUT2D eigenvalue weighted by Gasteiger charge is 2.34. The molecule has 20 heavy (non-hydrogen) atoms. The van der Waals surface area contributed by atoms with E-state index in [2.05, 4.69) is 10.1 Å². The Hall–Kier alpha value is -2.31. The molecule has 0 N–H and O–H groups in total. The van der Waals surface area contributed by atoms with Crippen molar-refractivity contribution in [1.82, 2.24) is 14.8 Å². The van der Waals surface area contributed by atoms with E-state index in [0.29, 0.717) is 12.3 Å². The lowest BCUT2D eigenvalue weighted by Crippen LogP contribution is -2.07. The molecule has 0 spiro atoms. The fraction of sp³-hybridized carbons (Fsp3) is 0.231. The molecule has 0 fully saturated rings. The van der Waals surface area contributed by atoms with Crippen LogP contribution in [-0.2, 0) is 12.7 Å². The van der Waals surface area contributed by atoms with Crippen LogP contribution in [0.2, 0.25) is 0 Å². The average Bonchev–Trinajstić information content (AvgIpc) is 3.05. The Morgan fingerprint density at radius 1 is 1.35 bits per heavy atom. The molecule has 0 saturated carbocycles. The third-order valence-electron chi connectivity index (χ3n) is 2.99. The van der Waals surface area contributed by atoms with Crippen molar-refractivity contribution in [2.24, 2.45) is 0 Å². The van der Waals surface area contributed by atoms with Crippen LogP contribution in [0.1, 0.15) is 12.5 Å². The number of nitrogens with zero attached hydrogens (tertiary/aromatic N) is 3. The van der Waals surface area contributed by atoms with Crippen LogP contribution in [0.25, 0.3) is 22.5 Å². The van der Waals surface area contributed by atoms with E-state index in [1.807, 2.05) is 0 Å². The number of alkyl halides is 3. The molecule has 3 aromatic heterocycles. The standard InChI is InChI=1S/C13H10F3N3O/c1-2-19-12-8(7-17-19)9(13(14,15)16)6-10(18-12)11-4-3-5-20-11/h3-7H,2H2,1H3. The second kappa shape index (κ2) is 4.36. The Morgan fingerprint density at radius 3 is 2.75 bits per heavy atom. The first-order chi connectivity index (χ1) is 9.50. The molecule has 0 amide bonds. The number of pyridine rings is 1. The highest BCUT2D eigenvalue weighted by atomic mass is 19.4. The van der Waals surface area contributed by atoms with Gasteiger partial charge < -0.3 is 4.42 Å².